The SMILES string of the molecule is COc1ccc(OC)c(CCON=C(c2ccccc2)c2cccnc2)c1. The van der Waals surface area contributed by atoms with E-state index in [4.69, 9.17) is 14.3 Å². The van der Waals surface area contributed by atoms with Crippen molar-refractivity contribution < 1.29 is 14.3 Å². The summed E-state index contributed by atoms with van der Waals surface area (Å²) in [6, 6.07) is 19.5. The fourth-order valence-corrected chi connectivity index (χ4v) is 2.71. The van der Waals surface area contributed by atoms with Crippen LogP contribution in [0.3, 0.4) is 0 Å². The van der Waals surface area contributed by atoms with E-state index in [9.17, 15) is 0 Å². The fraction of sp³-hybridized carbons (Fsp3) is 0.182. The second-order valence-electron chi connectivity index (χ2n) is 5.81. The van der Waals surface area contributed by atoms with Crippen molar-refractivity contribution in [2.45, 2.75) is 6.42 Å². The molecule has 1 aromatic heterocycles. The van der Waals surface area contributed by atoms with Crippen LogP contribution in [0.25, 0.3) is 0 Å². The minimum atomic E-state index is 0.417. The van der Waals surface area contributed by atoms with Gasteiger partial charge in [0, 0.05) is 35.5 Å². The third kappa shape index (κ3) is 4.85. The fourth-order valence-electron chi connectivity index (χ4n) is 2.71. The number of rotatable bonds is 8. The predicted octanol–water partition coefficient (Wildman–Crippen LogP) is 4.11. The standard InChI is InChI=1S/C22H22N2O3/c1-25-20-10-11-21(26-2)18(15-20)12-14-27-24-22(17-7-4-3-5-8-17)19-9-6-13-23-16-19/h3-11,13,15-16H,12,14H2,1-2H3. The van der Waals surface area contributed by atoms with Gasteiger partial charge < -0.3 is 14.3 Å². The molecule has 0 aliphatic rings. The number of nitrogens with zero attached hydrogens (tertiary/aromatic N) is 2. The highest BCUT2D eigenvalue weighted by Gasteiger charge is 2.09. The lowest BCUT2D eigenvalue weighted by molar-refractivity contribution is 0.147. The maximum Gasteiger partial charge on any atom is 0.122 e. The van der Waals surface area contributed by atoms with E-state index in [-0.39, 0.29) is 0 Å². The first-order chi connectivity index (χ1) is 13.3. The highest BCUT2D eigenvalue weighted by molar-refractivity contribution is 6.12. The Morgan fingerprint density at radius 3 is 2.44 bits per heavy atom. The molecule has 0 unspecified atom stereocenters. The van der Waals surface area contributed by atoms with Crippen LogP contribution in [-0.4, -0.2) is 31.5 Å². The van der Waals surface area contributed by atoms with Gasteiger partial charge in [0.2, 0.25) is 0 Å². The highest BCUT2D eigenvalue weighted by atomic mass is 16.6. The summed E-state index contributed by atoms with van der Waals surface area (Å²) in [5.74, 6) is 1.59. The molecular weight excluding hydrogens is 340 g/mol. The van der Waals surface area contributed by atoms with Crippen molar-refractivity contribution in [2.75, 3.05) is 20.8 Å². The van der Waals surface area contributed by atoms with Gasteiger partial charge in [-0.25, -0.2) is 0 Å². The van der Waals surface area contributed by atoms with E-state index in [0.29, 0.717) is 13.0 Å². The average Bonchev–Trinajstić information content (AvgIpc) is 2.74. The van der Waals surface area contributed by atoms with E-state index in [1.54, 1.807) is 26.6 Å². The molecular formula is C22H22N2O3. The van der Waals surface area contributed by atoms with Gasteiger partial charge in [-0.2, -0.15) is 0 Å². The Bertz CT molecular complexity index is 839. The van der Waals surface area contributed by atoms with Crippen molar-refractivity contribution in [3.05, 3.63) is 89.7 Å². The van der Waals surface area contributed by atoms with Crippen molar-refractivity contribution >= 4 is 5.71 Å². The minimum absolute atomic E-state index is 0.417. The molecule has 0 saturated heterocycles. The first kappa shape index (κ1) is 18.5. The molecule has 0 aliphatic carbocycles. The molecule has 0 radical (unpaired) electrons. The third-order valence-corrected chi connectivity index (χ3v) is 4.09. The summed E-state index contributed by atoms with van der Waals surface area (Å²) in [4.78, 5) is 9.83. The van der Waals surface area contributed by atoms with Crippen LogP contribution in [0.2, 0.25) is 0 Å². The van der Waals surface area contributed by atoms with Gasteiger partial charge in [0.25, 0.3) is 0 Å². The maximum absolute atomic E-state index is 5.65. The number of hydrogen-bond acceptors (Lipinski definition) is 5. The van der Waals surface area contributed by atoms with Gasteiger partial charge in [-0.15, -0.1) is 0 Å². The molecule has 3 rings (SSSR count). The molecule has 5 nitrogen and oxygen atoms in total. The Labute approximate surface area is 159 Å². The number of methoxy groups -OCH3 is 2. The molecule has 0 saturated carbocycles. The van der Waals surface area contributed by atoms with Crippen molar-refractivity contribution in [2.24, 2.45) is 5.16 Å². The van der Waals surface area contributed by atoms with E-state index in [1.807, 2.05) is 60.7 Å². The Balaban J connectivity index is 1.75. The zero-order chi connectivity index (χ0) is 18.9. The van der Waals surface area contributed by atoms with Crippen LogP contribution in [-0.2, 0) is 11.3 Å². The molecule has 5 heteroatoms. The molecule has 0 amide bonds. The lowest BCUT2D eigenvalue weighted by Crippen LogP contribution is -2.06. The number of pyridine rings is 1. The number of benzene rings is 2. The summed E-state index contributed by atoms with van der Waals surface area (Å²) in [6.07, 6.45) is 4.17. The van der Waals surface area contributed by atoms with E-state index >= 15 is 0 Å². The summed E-state index contributed by atoms with van der Waals surface area (Å²) < 4.78 is 10.7. The second-order valence-corrected chi connectivity index (χ2v) is 5.81. The van der Waals surface area contributed by atoms with Crippen LogP contribution in [0.5, 0.6) is 11.5 Å². The molecule has 0 bridgehead atoms. The van der Waals surface area contributed by atoms with Crippen LogP contribution >= 0.6 is 0 Å². The molecule has 27 heavy (non-hydrogen) atoms. The first-order valence-electron chi connectivity index (χ1n) is 8.68. The Kier molecular flexibility index (Phi) is 6.41. The van der Waals surface area contributed by atoms with E-state index < -0.39 is 0 Å². The average molecular weight is 362 g/mol. The van der Waals surface area contributed by atoms with Crippen LogP contribution in [0.15, 0.2) is 78.2 Å². The smallest absolute Gasteiger partial charge is 0.122 e. The van der Waals surface area contributed by atoms with Crippen molar-refractivity contribution in [3.8, 4) is 11.5 Å². The Morgan fingerprint density at radius 2 is 1.74 bits per heavy atom. The summed E-state index contributed by atoms with van der Waals surface area (Å²) in [7, 11) is 3.30. The number of ether oxygens (including phenoxy) is 2. The molecule has 0 fully saturated rings. The first-order valence-corrected chi connectivity index (χ1v) is 8.68. The van der Waals surface area contributed by atoms with Crippen LogP contribution in [0.4, 0.5) is 0 Å². The highest BCUT2D eigenvalue weighted by Crippen LogP contribution is 2.24. The van der Waals surface area contributed by atoms with Crippen LogP contribution in [0, 0.1) is 0 Å². The monoisotopic (exact) mass is 362 g/mol. The topological polar surface area (TPSA) is 52.9 Å². The zero-order valence-electron chi connectivity index (χ0n) is 15.5. The number of oxime groups is 1. The van der Waals surface area contributed by atoms with Gasteiger partial charge in [0.1, 0.15) is 23.8 Å². The lowest BCUT2D eigenvalue weighted by atomic mass is 10.0. The molecule has 0 atom stereocenters. The molecule has 1 heterocycles. The Morgan fingerprint density at radius 1 is 0.926 bits per heavy atom. The normalized spacial score (nSPS) is 11.1. The molecule has 3 aromatic rings. The lowest BCUT2D eigenvalue weighted by Gasteiger charge is -2.10. The molecule has 0 spiro atoms. The summed E-state index contributed by atoms with van der Waals surface area (Å²) in [5, 5.41) is 4.38. The van der Waals surface area contributed by atoms with Gasteiger partial charge in [-0.1, -0.05) is 35.5 Å². The van der Waals surface area contributed by atoms with Gasteiger partial charge in [-0.3, -0.25) is 4.98 Å². The van der Waals surface area contributed by atoms with E-state index in [1.165, 1.54) is 0 Å². The Hall–Kier alpha value is -3.34. The van der Waals surface area contributed by atoms with Crippen LogP contribution in [0.1, 0.15) is 16.7 Å². The van der Waals surface area contributed by atoms with Crippen molar-refractivity contribution in [3.63, 3.8) is 0 Å². The van der Waals surface area contributed by atoms with Gasteiger partial charge >= 0.3 is 0 Å². The largest absolute Gasteiger partial charge is 0.497 e. The van der Waals surface area contributed by atoms with Crippen LogP contribution < -0.4 is 9.47 Å². The second kappa shape index (κ2) is 9.38. The van der Waals surface area contributed by atoms with E-state index in [0.717, 1.165) is 33.9 Å². The molecule has 0 aliphatic heterocycles. The molecule has 138 valence electrons. The van der Waals surface area contributed by atoms with Gasteiger partial charge in [0.15, 0.2) is 0 Å². The maximum atomic E-state index is 5.65. The van der Waals surface area contributed by atoms with Crippen molar-refractivity contribution in [1.29, 1.82) is 0 Å². The third-order valence-electron chi connectivity index (χ3n) is 4.09. The predicted molar refractivity (Wildman–Crippen MR) is 106 cm³/mol. The van der Waals surface area contributed by atoms with Gasteiger partial charge in [-0.05, 0) is 30.3 Å². The minimum Gasteiger partial charge on any atom is -0.497 e. The quantitative estimate of drug-likeness (QED) is 0.344. The van der Waals surface area contributed by atoms with Gasteiger partial charge in [0.05, 0.1) is 14.2 Å². The summed E-state index contributed by atoms with van der Waals surface area (Å²) in [6.45, 7) is 0.417. The zero-order valence-corrected chi connectivity index (χ0v) is 15.5. The van der Waals surface area contributed by atoms with Crippen molar-refractivity contribution in [1.82, 2.24) is 4.98 Å². The summed E-state index contributed by atoms with van der Waals surface area (Å²) >= 11 is 0. The number of hydrogen-bond donors (Lipinski definition) is 0. The number of aromatic nitrogens is 1. The molecule has 2 aromatic carbocycles. The van der Waals surface area contributed by atoms with E-state index in [2.05, 4.69) is 10.1 Å². The summed E-state index contributed by atoms with van der Waals surface area (Å²) in [5.41, 5.74) is 3.64. The molecule has 0 N–H and O–H groups in total.